The molecule has 0 saturated carbocycles. The van der Waals surface area contributed by atoms with Crippen LogP contribution in [0.4, 0.5) is 0 Å². The number of hydrogen-bond donors (Lipinski definition) is 2. The number of imidazole rings is 1. The number of nitrogens with one attached hydrogen (secondary N) is 2. The molecule has 1 fully saturated rings. The molecule has 1 amide bonds. The molecule has 1 saturated heterocycles. The van der Waals surface area contributed by atoms with Gasteiger partial charge in [-0.1, -0.05) is 41.6 Å². The van der Waals surface area contributed by atoms with E-state index in [1.807, 2.05) is 24.3 Å². The molecular formula is C24H27N3O3S. The maximum absolute atomic E-state index is 12.4. The summed E-state index contributed by atoms with van der Waals surface area (Å²) < 4.78 is 10.8. The minimum absolute atomic E-state index is 0.0129. The van der Waals surface area contributed by atoms with E-state index >= 15 is 0 Å². The van der Waals surface area contributed by atoms with E-state index in [4.69, 9.17) is 14.5 Å². The highest BCUT2D eigenvalue weighted by Gasteiger charge is 2.18. The van der Waals surface area contributed by atoms with Crippen molar-refractivity contribution < 1.29 is 14.3 Å². The van der Waals surface area contributed by atoms with Crippen LogP contribution < -0.4 is 10.1 Å². The van der Waals surface area contributed by atoms with Gasteiger partial charge in [-0.2, -0.15) is 0 Å². The largest absolute Gasteiger partial charge is 0.497 e. The summed E-state index contributed by atoms with van der Waals surface area (Å²) in [6.45, 7) is 3.42. The topological polar surface area (TPSA) is 76.2 Å². The minimum Gasteiger partial charge on any atom is -0.497 e. The maximum atomic E-state index is 12.4. The second-order valence-corrected chi connectivity index (χ2v) is 8.55. The van der Waals surface area contributed by atoms with Crippen LogP contribution in [0.3, 0.4) is 0 Å². The van der Waals surface area contributed by atoms with E-state index in [2.05, 4.69) is 41.5 Å². The Bertz CT molecular complexity index is 1010. The number of H-pyrrole nitrogens is 1. The van der Waals surface area contributed by atoms with E-state index in [1.54, 1.807) is 7.11 Å². The van der Waals surface area contributed by atoms with Crippen LogP contribution in [0.5, 0.6) is 5.75 Å². The van der Waals surface area contributed by atoms with Crippen LogP contribution in [0.25, 0.3) is 22.6 Å². The highest BCUT2D eigenvalue weighted by Crippen LogP contribution is 2.33. The molecule has 7 heteroatoms. The van der Waals surface area contributed by atoms with Gasteiger partial charge in [0, 0.05) is 24.3 Å². The van der Waals surface area contributed by atoms with Crippen molar-refractivity contribution in [3.63, 3.8) is 0 Å². The van der Waals surface area contributed by atoms with Gasteiger partial charge >= 0.3 is 0 Å². The molecule has 0 radical (unpaired) electrons. The number of nitrogens with zero attached hydrogens (tertiary/aromatic N) is 1. The summed E-state index contributed by atoms with van der Waals surface area (Å²) >= 11 is 1.43. The number of methoxy groups -OCH3 is 1. The van der Waals surface area contributed by atoms with Gasteiger partial charge in [0.25, 0.3) is 0 Å². The number of rotatable bonds is 8. The molecule has 31 heavy (non-hydrogen) atoms. The van der Waals surface area contributed by atoms with Crippen molar-refractivity contribution in [1.82, 2.24) is 15.3 Å². The van der Waals surface area contributed by atoms with Gasteiger partial charge in [-0.25, -0.2) is 4.98 Å². The van der Waals surface area contributed by atoms with E-state index in [0.717, 1.165) is 52.9 Å². The van der Waals surface area contributed by atoms with Gasteiger partial charge in [-0.15, -0.1) is 0 Å². The average molecular weight is 438 g/mol. The normalized spacial score (nSPS) is 15.7. The number of aromatic amines is 1. The lowest BCUT2D eigenvalue weighted by molar-refractivity contribution is -0.119. The van der Waals surface area contributed by atoms with Crippen molar-refractivity contribution in [2.24, 2.45) is 0 Å². The minimum atomic E-state index is -0.0129. The molecule has 1 aliphatic heterocycles. The van der Waals surface area contributed by atoms with Crippen LogP contribution in [0, 0.1) is 6.92 Å². The third-order valence-corrected chi connectivity index (χ3v) is 6.24. The average Bonchev–Trinajstić information content (AvgIpc) is 3.47. The molecular weight excluding hydrogens is 410 g/mol. The van der Waals surface area contributed by atoms with Gasteiger partial charge < -0.3 is 19.8 Å². The van der Waals surface area contributed by atoms with Crippen molar-refractivity contribution in [2.45, 2.75) is 30.9 Å². The maximum Gasteiger partial charge on any atom is 0.230 e. The third-order valence-electron chi connectivity index (χ3n) is 5.27. The first-order valence-corrected chi connectivity index (χ1v) is 11.4. The predicted octanol–water partition coefficient (Wildman–Crippen LogP) is 4.45. The molecule has 6 nitrogen and oxygen atoms in total. The van der Waals surface area contributed by atoms with Crippen molar-refractivity contribution in [3.8, 4) is 28.4 Å². The van der Waals surface area contributed by atoms with Gasteiger partial charge in [0.05, 0.1) is 24.7 Å². The summed E-state index contributed by atoms with van der Waals surface area (Å²) in [5.74, 6) is 1.87. The van der Waals surface area contributed by atoms with Crippen molar-refractivity contribution in [2.75, 3.05) is 26.0 Å². The number of amides is 1. The monoisotopic (exact) mass is 437 g/mol. The molecule has 1 aliphatic rings. The molecule has 0 bridgehead atoms. The number of ether oxygens (including phenoxy) is 2. The second-order valence-electron chi connectivity index (χ2n) is 7.59. The van der Waals surface area contributed by atoms with Crippen LogP contribution in [0.15, 0.2) is 53.6 Å². The highest BCUT2D eigenvalue weighted by atomic mass is 32.2. The van der Waals surface area contributed by atoms with Gasteiger partial charge in [-0.3, -0.25) is 4.79 Å². The number of benzene rings is 2. The molecule has 2 N–H and O–H groups in total. The number of aryl methyl sites for hydroxylation is 1. The van der Waals surface area contributed by atoms with Gasteiger partial charge in [-0.05, 0) is 44.0 Å². The molecule has 2 aromatic carbocycles. The number of carbonyl (C=O) groups excluding carboxylic acids is 1. The van der Waals surface area contributed by atoms with Crippen LogP contribution >= 0.6 is 11.8 Å². The standard InChI is InChI=1S/C24H27N3O3S/c1-16-5-7-18(8-6-16)23-26-22(17-9-11-19(29-2)12-10-17)24(27-23)31-15-21(28)25-14-20-4-3-13-30-20/h5-12,20H,3-4,13-15H2,1-2H3,(H,25,28)(H,26,27)/t20-/m0/s1. The number of thioether (sulfide) groups is 1. The summed E-state index contributed by atoms with van der Waals surface area (Å²) in [6.07, 6.45) is 2.21. The first-order valence-electron chi connectivity index (χ1n) is 10.4. The fraction of sp³-hybridized carbons (Fsp3) is 0.333. The van der Waals surface area contributed by atoms with Crippen LogP contribution in [0.1, 0.15) is 18.4 Å². The molecule has 1 atom stereocenters. The van der Waals surface area contributed by atoms with Crippen LogP contribution in [-0.2, 0) is 9.53 Å². The molecule has 4 rings (SSSR count). The lowest BCUT2D eigenvalue weighted by Crippen LogP contribution is -2.32. The highest BCUT2D eigenvalue weighted by molar-refractivity contribution is 8.00. The summed E-state index contributed by atoms with van der Waals surface area (Å²) in [6, 6.07) is 16.1. The van der Waals surface area contributed by atoms with Gasteiger partial charge in [0.15, 0.2) is 0 Å². The summed E-state index contributed by atoms with van der Waals surface area (Å²) in [5.41, 5.74) is 4.10. The van der Waals surface area contributed by atoms with Crippen LogP contribution in [0.2, 0.25) is 0 Å². The summed E-state index contributed by atoms with van der Waals surface area (Å²) in [4.78, 5) is 20.6. The Labute approximate surface area is 186 Å². The van der Waals surface area contributed by atoms with Gasteiger partial charge in [0.1, 0.15) is 16.6 Å². The molecule has 1 aromatic heterocycles. The summed E-state index contributed by atoms with van der Waals surface area (Å²) in [5, 5.41) is 3.77. The zero-order chi connectivity index (χ0) is 21.6. The third kappa shape index (κ3) is 5.48. The molecule has 0 unspecified atom stereocenters. The van der Waals surface area contributed by atoms with Gasteiger partial charge in [0.2, 0.25) is 5.91 Å². The Morgan fingerprint density at radius 3 is 2.61 bits per heavy atom. The summed E-state index contributed by atoms with van der Waals surface area (Å²) in [7, 11) is 1.65. The zero-order valence-electron chi connectivity index (χ0n) is 17.8. The molecule has 0 spiro atoms. The Morgan fingerprint density at radius 1 is 1.19 bits per heavy atom. The predicted molar refractivity (Wildman–Crippen MR) is 123 cm³/mol. The second kappa shape index (κ2) is 10.0. The zero-order valence-corrected chi connectivity index (χ0v) is 18.6. The molecule has 0 aliphatic carbocycles. The first-order chi connectivity index (χ1) is 15.1. The van der Waals surface area contributed by atoms with Crippen molar-refractivity contribution >= 4 is 17.7 Å². The van der Waals surface area contributed by atoms with E-state index in [0.29, 0.717) is 12.3 Å². The van der Waals surface area contributed by atoms with E-state index in [1.165, 1.54) is 17.3 Å². The molecule has 162 valence electrons. The Balaban J connectivity index is 1.52. The number of aromatic nitrogens is 2. The first kappa shape index (κ1) is 21.5. The SMILES string of the molecule is COc1ccc(-c2[nH]c(-c3ccc(C)cc3)nc2SCC(=O)NC[C@@H]2CCCO2)cc1. The van der Waals surface area contributed by atoms with Crippen molar-refractivity contribution in [3.05, 3.63) is 54.1 Å². The lowest BCUT2D eigenvalue weighted by Gasteiger charge is -2.10. The van der Waals surface area contributed by atoms with Crippen LogP contribution in [-0.4, -0.2) is 48.0 Å². The number of carbonyl (C=O) groups is 1. The molecule has 3 aromatic rings. The van der Waals surface area contributed by atoms with E-state index in [-0.39, 0.29) is 12.0 Å². The smallest absolute Gasteiger partial charge is 0.230 e. The number of hydrogen-bond acceptors (Lipinski definition) is 5. The quantitative estimate of drug-likeness (QED) is 0.509. The Hall–Kier alpha value is -2.77. The Kier molecular flexibility index (Phi) is 6.94. The Morgan fingerprint density at radius 2 is 1.94 bits per heavy atom. The lowest BCUT2D eigenvalue weighted by atomic mass is 10.1. The van der Waals surface area contributed by atoms with Crippen molar-refractivity contribution in [1.29, 1.82) is 0 Å². The van der Waals surface area contributed by atoms with E-state index in [9.17, 15) is 4.79 Å². The fourth-order valence-electron chi connectivity index (χ4n) is 3.48. The fourth-order valence-corrected chi connectivity index (χ4v) is 4.32. The van der Waals surface area contributed by atoms with E-state index < -0.39 is 0 Å². The molecule has 2 heterocycles.